The number of rotatable bonds is 8. The lowest BCUT2D eigenvalue weighted by molar-refractivity contribution is 0.101. The van der Waals surface area contributed by atoms with Gasteiger partial charge in [0.15, 0.2) is 5.69 Å². The summed E-state index contributed by atoms with van der Waals surface area (Å²) < 4.78 is 6.87. The topological polar surface area (TPSA) is 135 Å². The van der Waals surface area contributed by atoms with Gasteiger partial charge in [0.2, 0.25) is 5.95 Å². The number of hydrogen-bond donors (Lipinski definition) is 2. The highest BCUT2D eigenvalue weighted by atomic mass is 16.5. The highest BCUT2D eigenvalue weighted by molar-refractivity contribution is 6.02. The third kappa shape index (κ3) is 5.25. The average molecular weight is 483 g/mol. The quantitative estimate of drug-likeness (QED) is 0.346. The Kier molecular flexibility index (Phi) is 6.71. The second kappa shape index (κ2) is 10.4. The lowest BCUT2D eigenvalue weighted by atomic mass is 9.96. The fraction of sp³-hybridized carbons (Fsp3) is 0.308. The van der Waals surface area contributed by atoms with Gasteiger partial charge < -0.3 is 15.2 Å². The zero-order valence-electron chi connectivity index (χ0n) is 19.9. The number of carbonyl (C=O) groups excluding carboxylic acids is 1. The molecule has 10 heteroatoms. The summed E-state index contributed by atoms with van der Waals surface area (Å²) in [7, 11) is 0. The highest BCUT2D eigenvalue weighted by Crippen LogP contribution is 2.36. The van der Waals surface area contributed by atoms with E-state index in [1.54, 1.807) is 37.5 Å². The molecule has 5 rings (SSSR count). The van der Waals surface area contributed by atoms with E-state index in [0.717, 1.165) is 29.8 Å². The molecule has 3 aromatic heterocycles. The molecule has 2 N–H and O–H groups in total. The minimum Gasteiger partial charge on any atom is -0.361 e. The molecule has 3 heterocycles. The van der Waals surface area contributed by atoms with Crippen LogP contribution in [0.3, 0.4) is 0 Å². The standard InChI is InChI=1S/C26H26N8O2/c1-17-14-23(33-36-17)25(35)30-20-6-8-21(9-7-20)31-26-28-13-11-22(32-26)19-15-29-34(16-19)24(10-12-27)18-4-2-3-5-18/h6-9,11,13-16,18,24H,2-5,10H2,1H3,(H,30,35)(H,28,31,32). The van der Waals surface area contributed by atoms with Crippen molar-refractivity contribution in [3.63, 3.8) is 0 Å². The van der Waals surface area contributed by atoms with Crippen LogP contribution < -0.4 is 10.6 Å². The van der Waals surface area contributed by atoms with Crippen molar-refractivity contribution in [3.05, 3.63) is 66.4 Å². The predicted octanol–water partition coefficient (Wildman–Crippen LogP) is 5.28. The summed E-state index contributed by atoms with van der Waals surface area (Å²) in [6, 6.07) is 13.0. The van der Waals surface area contributed by atoms with Gasteiger partial charge in [-0.25, -0.2) is 9.97 Å². The second-order valence-electron chi connectivity index (χ2n) is 8.93. The fourth-order valence-corrected chi connectivity index (χ4v) is 4.58. The monoisotopic (exact) mass is 482 g/mol. The summed E-state index contributed by atoms with van der Waals surface area (Å²) in [5.41, 5.74) is 3.25. The molecule has 1 aliphatic carbocycles. The number of hydrogen-bond acceptors (Lipinski definition) is 8. The molecule has 0 spiro atoms. The first kappa shape index (κ1) is 23.2. The number of benzene rings is 1. The fourth-order valence-electron chi connectivity index (χ4n) is 4.58. The first-order valence-electron chi connectivity index (χ1n) is 12.0. The molecule has 1 aromatic carbocycles. The lowest BCUT2D eigenvalue weighted by Crippen LogP contribution is -2.17. The van der Waals surface area contributed by atoms with E-state index in [9.17, 15) is 10.1 Å². The summed E-state index contributed by atoms with van der Waals surface area (Å²) in [6.07, 6.45) is 10.6. The number of aromatic nitrogens is 5. The molecule has 1 aliphatic rings. The van der Waals surface area contributed by atoms with E-state index in [0.29, 0.717) is 29.7 Å². The molecule has 10 nitrogen and oxygen atoms in total. The molecular formula is C26H26N8O2. The van der Waals surface area contributed by atoms with Crippen LogP contribution in [0.4, 0.5) is 17.3 Å². The lowest BCUT2D eigenvalue weighted by Gasteiger charge is -2.21. The third-order valence-electron chi connectivity index (χ3n) is 6.40. The minimum atomic E-state index is -0.339. The van der Waals surface area contributed by atoms with Crippen LogP contribution in [0.2, 0.25) is 0 Å². The van der Waals surface area contributed by atoms with E-state index >= 15 is 0 Å². The number of nitriles is 1. The summed E-state index contributed by atoms with van der Waals surface area (Å²) >= 11 is 0. The Morgan fingerprint density at radius 1 is 1.22 bits per heavy atom. The van der Waals surface area contributed by atoms with Crippen LogP contribution in [0.25, 0.3) is 11.3 Å². The van der Waals surface area contributed by atoms with E-state index < -0.39 is 0 Å². The Balaban J connectivity index is 1.26. The molecule has 36 heavy (non-hydrogen) atoms. The molecule has 1 atom stereocenters. The Labute approximate surface area is 208 Å². The number of nitrogens with zero attached hydrogens (tertiary/aromatic N) is 6. The van der Waals surface area contributed by atoms with Crippen LogP contribution in [-0.2, 0) is 0 Å². The zero-order valence-corrected chi connectivity index (χ0v) is 19.9. The SMILES string of the molecule is Cc1cc(C(=O)Nc2ccc(Nc3nccc(-c4cnn(C(CC#N)C5CCCC5)c4)n3)cc2)no1. The molecule has 0 bridgehead atoms. The zero-order chi connectivity index (χ0) is 24.9. The molecule has 1 saturated carbocycles. The molecule has 182 valence electrons. The summed E-state index contributed by atoms with van der Waals surface area (Å²) in [5.74, 6) is 1.17. The van der Waals surface area contributed by atoms with Crippen molar-refractivity contribution in [3.8, 4) is 17.3 Å². The molecule has 0 radical (unpaired) electrons. The van der Waals surface area contributed by atoms with Crippen LogP contribution in [0.5, 0.6) is 0 Å². The van der Waals surface area contributed by atoms with Gasteiger partial charge in [-0.05, 0) is 56.0 Å². The van der Waals surface area contributed by atoms with Gasteiger partial charge >= 0.3 is 0 Å². The van der Waals surface area contributed by atoms with Crippen molar-refractivity contribution in [2.75, 3.05) is 10.6 Å². The second-order valence-corrected chi connectivity index (χ2v) is 8.93. The van der Waals surface area contributed by atoms with Gasteiger partial charge in [0, 0.05) is 35.4 Å². The third-order valence-corrected chi connectivity index (χ3v) is 6.40. The Hall–Kier alpha value is -4.52. The van der Waals surface area contributed by atoms with Crippen LogP contribution in [0, 0.1) is 24.2 Å². The van der Waals surface area contributed by atoms with E-state index in [2.05, 4.69) is 36.9 Å². The van der Waals surface area contributed by atoms with Gasteiger partial charge in [-0.3, -0.25) is 9.48 Å². The van der Waals surface area contributed by atoms with Gasteiger partial charge in [0.25, 0.3) is 5.91 Å². The van der Waals surface area contributed by atoms with Gasteiger partial charge in [-0.15, -0.1) is 0 Å². The molecule has 1 fully saturated rings. The van der Waals surface area contributed by atoms with E-state index in [4.69, 9.17) is 4.52 Å². The van der Waals surface area contributed by atoms with Crippen molar-refractivity contribution in [1.82, 2.24) is 24.9 Å². The first-order chi connectivity index (χ1) is 17.6. The number of anilines is 3. The maximum Gasteiger partial charge on any atom is 0.277 e. The van der Waals surface area contributed by atoms with Crippen molar-refractivity contribution in [2.45, 2.75) is 45.1 Å². The van der Waals surface area contributed by atoms with Crippen molar-refractivity contribution in [2.24, 2.45) is 5.92 Å². The van der Waals surface area contributed by atoms with Crippen LogP contribution in [0.1, 0.15) is 54.4 Å². The molecule has 0 saturated heterocycles. The summed E-state index contributed by atoms with van der Waals surface area (Å²) in [5, 5.41) is 23.6. The number of nitrogens with one attached hydrogen (secondary N) is 2. The van der Waals surface area contributed by atoms with E-state index in [-0.39, 0.29) is 17.6 Å². The molecule has 0 aliphatic heterocycles. The maximum atomic E-state index is 12.2. The molecular weight excluding hydrogens is 456 g/mol. The van der Waals surface area contributed by atoms with Crippen molar-refractivity contribution < 1.29 is 9.32 Å². The molecule has 1 unspecified atom stereocenters. The van der Waals surface area contributed by atoms with Gasteiger partial charge in [-0.1, -0.05) is 18.0 Å². The number of carbonyl (C=O) groups is 1. The van der Waals surface area contributed by atoms with E-state index in [1.165, 1.54) is 12.8 Å². The Bertz CT molecular complexity index is 1380. The normalized spacial score (nSPS) is 14.3. The smallest absolute Gasteiger partial charge is 0.277 e. The largest absolute Gasteiger partial charge is 0.361 e. The Morgan fingerprint density at radius 3 is 2.72 bits per heavy atom. The maximum absolute atomic E-state index is 12.2. The average Bonchev–Trinajstić information content (AvgIpc) is 3.66. The molecule has 1 amide bonds. The predicted molar refractivity (Wildman–Crippen MR) is 133 cm³/mol. The van der Waals surface area contributed by atoms with Crippen LogP contribution in [-0.4, -0.2) is 30.8 Å². The van der Waals surface area contributed by atoms with Crippen molar-refractivity contribution >= 4 is 23.2 Å². The van der Waals surface area contributed by atoms with Crippen LogP contribution in [0.15, 0.2) is 59.5 Å². The van der Waals surface area contributed by atoms with E-state index in [1.807, 2.05) is 29.1 Å². The highest BCUT2D eigenvalue weighted by Gasteiger charge is 2.27. The number of aryl methyl sites for hydroxylation is 1. The summed E-state index contributed by atoms with van der Waals surface area (Å²) in [6.45, 7) is 1.73. The van der Waals surface area contributed by atoms with Gasteiger partial charge in [-0.2, -0.15) is 10.4 Å². The number of amides is 1. The Morgan fingerprint density at radius 2 is 2.00 bits per heavy atom. The first-order valence-corrected chi connectivity index (χ1v) is 12.0. The van der Waals surface area contributed by atoms with Gasteiger partial charge in [0.05, 0.1) is 30.4 Å². The minimum absolute atomic E-state index is 0.0954. The van der Waals surface area contributed by atoms with Gasteiger partial charge in [0.1, 0.15) is 5.76 Å². The van der Waals surface area contributed by atoms with Crippen molar-refractivity contribution in [1.29, 1.82) is 5.26 Å². The van der Waals surface area contributed by atoms with Crippen LogP contribution >= 0.6 is 0 Å². The summed E-state index contributed by atoms with van der Waals surface area (Å²) in [4.78, 5) is 21.2. The molecule has 4 aromatic rings.